The van der Waals surface area contributed by atoms with E-state index in [-0.39, 0.29) is 58.0 Å². The van der Waals surface area contributed by atoms with E-state index in [1.807, 2.05) is 16.7 Å². The molecular formula is C30H22ClF3N6O2S. The number of hydrogen-bond donors (Lipinski definition) is 2. The Bertz CT molecular complexity index is 2040. The lowest BCUT2D eigenvalue weighted by atomic mass is 9.99. The van der Waals surface area contributed by atoms with Crippen LogP contribution in [0.5, 0.6) is 11.8 Å². The molecule has 0 radical (unpaired) electrons. The summed E-state index contributed by atoms with van der Waals surface area (Å²) in [4.78, 5) is 16.5. The molecule has 2 saturated heterocycles. The number of nitrogens with zero attached hydrogens (tertiary/aromatic N) is 5. The monoisotopic (exact) mass is 622 g/mol. The Labute approximate surface area is 251 Å². The van der Waals surface area contributed by atoms with Gasteiger partial charge in [0.15, 0.2) is 17.5 Å². The number of thiazole rings is 1. The minimum Gasteiger partial charge on any atom is -0.508 e. The van der Waals surface area contributed by atoms with Crippen LogP contribution in [0.4, 0.5) is 19.0 Å². The summed E-state index contributed by atoms with van der Waals surface area (Å²) in [5.74, 6) is -2.88. The largest absolute Gasteiger partial charge is 0.508 e. The number of phenolic OH excluding ortho intramolecular Hbond substituents is 1. The summed E-state index contributed by atoms with van der Waals surface area (Å²) in [5.41, 5.74) is 0.405. The van der Waals surface area contributed by atoms with Gasteiger partial charge in [-0.2, -0.15) is 9.97 Å². The van der Waals surface area contributed by atoms with Crippen LogP contribution >= 0.6 is 22.9 Å². The first kappa shape index (κ1) is 26.5. The second-order valence-electron chi connectivity index (χ2n) is 10.9. The zero-order valence-electron chi connectivity index (χ0n) is 22.3. The molecular weight excluding hydrogens is 601 g/mol. The Balaban J connectivity index is 1.26. The van der Waals surface area contributed by atoms with Crippen molar-refractivity contribution in [2.45, 2.75) is 31.5 Å². The van der Waals surface area contributed by atoms with E-state index < -0.39 is 17.5 Å². The Kier molecular flexibility index (Phi) is 6.14. The quantitative estimate of drug-likeness (QED) is 0.228. The van der Waals surface area contributed by atoms with Crippen LogP contribution in [-0.4, -0.2) is 49.6 Å². The number of hydrogen-bond acceptors (Lipinski definition) is 8. The second-order valence-corrected chi connectivity index (χ2v) is 12.6. The first-order valence-electron chi connectivity index (χ1n) is 13.7. The molecule has 2 N–H and O–H groups in total. The topological polar surface area (TPSA) is 87.8 Å². The van der Waals surface area contributed by atoms with E-state index in [1.54, 1.807) is 6.20 Å². The van der Waals surface area contributed by atoms with Gasteiger partial charge >= 0.3 is 6.01 Å². The van der Waals surface area contributed by atoms with Crippen molar-refractivity contribution in [3.8, 4) is 23.0 Å². The van der Waals surface area contributed by atoms with E-state index in [1.165, 1.54) is 35.7 Å². The predicted molar refractivity (Wildman–Crippen MR) is 159 cm³/mol. The van der Waals surface area contributed by atoms with E-state index in [4.69, 9.17) is 21.3 Å². The summed E-state index contributed by atoms with van der Waals surface area (Å²) < 4.78 is 54.4. The van der Waals surface area contributed by atoms with E-state index >= 15 is 8.78 Å². The van der Waals surface area contributed by atoms with E-state index in [9.17, 15) is 9.50 Å². The number of aromatic hydroxyl groups is 1. The zero-order chi connectivity index (χ0) is 29.4. The molecule has 6 heterocycles. The van der Waals surface area contributed by atoms with Gasteiger partial charge in [0.2, 0.25) is 0 Å². The van der Waals surface area contributed by atoms with Crippen LogP contribution in [0.3, 0.4) is 0 Å². The molecule has 0 spiro atoms. The first-order chi connectivity index (χ1) is 20.8. The number of fused-ring (bicyclic) bond motifs is 5. The van der Waals surface area contributed by atoms with Gasteiger partial charge in [0.25, 0.3) is 0 Å². The highest BCUT2D eigenvalue weighted by atomic mass is 35.5. The number of piperazine rings is 1. The smallest absolute Gasteiger partial charge is 0.319 e. The minimum absolute atomic E-state index is 0.0324. The van der Waals surface area contributed by atoms with E-state index in [2.05, 4.69) is 20.2 Å². The summed E-state index contributed by atoms with van der Waals surface area (Å²) >= 11 is 7.53. The molecule has 0 aliphatic carbocycles. The van der Waals surface area contributed by atoms with Crippen LogP contribution < -0.4 is 15.0 Å². The SMILES string of the molecule is Oc1cc(-c2ncc3c(N4C[C@H]5CC[C@@H](C4)N5)nc(OCc4cc5sc(Cl)cn5c4)nc3c2F)c2c(F)c(F)ccc2c1. The van der Waals surface area contributed by atoms with Crippen LogP contribution in [0.1, 0.15) is 18.4 Å². The van der Waals surface area contributed by atoms with Gasteiger partial charge in [-0.25, -0.2) is 13.2 Å². The maximum Gasteiger partial charge on any atom is 0.319 e. The lowest BCUT2D eigenvalue weighted by Gasteiger charge is -2.34. The third-order valence-corrected chi connectivity index (χ3v) is 9.25. The minimum atomic E-state index is -1.16. The van der Waals surface area contributed by atoms with Gasteiger partial charge in [-0.15, -0.1) is 11.3 Å². The number of halogens is 4. The van der Waals surface area contributed by atoms with Crippen LogP contribution in [0.15, 0.2) is 48.9 Å². The van der Waals surface area contributed by atoms with Crippen molar-refractivity contribution in [3.63, 3.8) is 0 Å². The molecule has 2 fully saturated rings. The number of phenols is 1. The number of rotatable bonds is 5. The Morgan fingerprint density at radius 3 is 2.65 bits per heavy atom. The van der Waals surface area contributed by atoms with Crippen molar-refractivity contribution in [2.24, 2.45) is 0 Å². The third-order valence-electron chi connectivity index (χ3n) is 8.09. The number of ether oxygens (including phenoxy) is 1. The summed E-state index contributed by atoms with van der Waals surface area (Å²) in [6.07, 6.45) is 7.20. The standard InChI is InChI=1S/C30H22ClF3N6O2S/c31-22-12-39-9-14(5-23(39)43-22)13-42-30-37-28-20(29(38-30)40-10-16-2-3-17(11-40)36-16)8-35-27(26(28)34)19-7-18(41)6-15-1-4-21(32)25(33)24(15)19/h1,4-9,12,16-17,36,41H,2-3,10-11,13H2/t16-,17+. The molecule has 0 amide bonds. The lowest BCUT2D eigenvalue weighted by Crippen LogP contribution is -2.51. The molecule has 0 saturated carbocycles. The van der Waals surface area contributed by atoms with Crippen molar-refractivity contribution in [2.75, 3.05) is 18.0 Å². The fraction of sp³-hybridized carbons (Fsp3) is 0.233. The highest BCUT2D eigenvalue weighted by Gasteiger charge is 2.34. The molecule has 2 aliphatic rings. The fourth-order valence-electron chi connectivity index (χ4n) is 6.21. The Hall–Kier alpha value is -4.13. The third kappa shape index (κ3) is 4.52. The number of aromatic nitrogens is 4. The average molecular weight is 623 g/mol. The van der Waals surface area contributed by atoms with Crippen molar-refractivity contribution in [1.29, 1.82) is 0 Å². The van der Waals surface area contributed by atoms with Gasteiger partial charge < -0.3 is 24.5 Å². The molecule has 2 aliphatic heterocycles. The Morgan fingerprint density at radius 2 is 1.86 bits per heavy atom. The molecule has 2 aromatic carbocycles. The number of pyridine rings is 1. The van der Waals surface area contributed by atoms with Gasteiger partial charge in [0.1, 0.15) is 38.6 Å². The van der Waals surface area contributed by atoms with Gasteiger partial charge in [-0.3, -0.25) is 4.98 Å². The molecule has 218 valence electrons. The van der Waals surface area contributed by atoms with Crippen molar-refractivity contribution in [3.05, 3.63) is 76.3 Å². The molecule has 8 rings (SSSR count). The number of nitrogens with one attached hydrogen (secondary N) is 1. The maximum atomic E-state index is 16.5. The van der Waals surface area contributed by atoms with Crippen LogP contribution in [0.2, 0.25) is 4.34 Å². The Morgan fingerprint density at radius 1 is 1.05 bits per heavy atom. The summed E-state index contributed by atoms with van der Waals surface area (Å²) in [5, 5.41) is 14.3. The summed E-state index contributed by atoms with van der Waals surface area (Å²) in [6.45, 7) is 1.47. The van der Waals surface area contributed by atoms with Crippen molar-refractivity contribution < 1.29 is 23.0 Å². The first-order valence-corrected chi connectivity index (χ1v) is 14.9. The van der Waals surface area contributed by atoms with Gasteiger partial charge in [0.05, 0.1) is 5.39 Å². The van der Waals surface area contributed by atoms with Crippen LogP contribution in [0.25, 0.3) is 37.8 Å². The van der Waals surface area contributed by atoms with Crippen LogP contribution in [-0.2, 0) is 6.61 Å². The molecule has 8 nitrogen and oxygen atoms in total. The molecule has 0 unspecified atom stereocenters. The molecule has 2 atom stereocenters. The highest BCUT2D eigenvalue weighted by molar-refractivity contribution is 7.21. The maximum absolute atomic E-state index is 16.5. The predicted octanol–water partition coefficient (Wildman–Crippen LogP) is 6.46. The van der Waals surface area contributed by atoms with E-state index in [0.29, 0.717) is 28.6 Å². The number of benzene rings is 2. The van der Waals surface area contributed by atoms with Gasteiger partial charge in [-0.05, 0) is 42.5 Å². The summed E-state index contributed by atoms with van der Waals surface area (Å²) in [7, 11) is 0. The molecule has 4 aromatic heterocycles. The normalized spacial score (nSPS) is 18.4. The lowest BCUT2D eigenvalue weighted by molar-refractivity contribution is 0.281. The highest BCUT2D eigenvalue weighted by Crippen LogP contribution is 2.39. The van der Waals surface area contributed by atoms with Crippen molar-refractivity contribution in [1.82, 2.24) is 24.7 Å². The molecule has 13 heteroatoms. The molecule has 6 aromatic rings. The second kappa shape index (κ2) is 9.97. The number of anilines is 1. The zero-order valence-corrected chi connectivity index (χ0v) is 23.9. The van der Waals surface area contributed by atoms with E-state index in [0.717, 1.165) is 29.3 Å². The average Bonchev–Trinajstić information content (AvgIpc) is 3.64. The summed E-state index contributed by atoms with van der Waals surface area (Å²) in [6, 6.07) is 7.20. The van der Waals surface area contributed by atoms with Gasteiger partial charge in [0, 0.05) is 60.3 Å². The van der Waals surface area contributed by atoms with Gasteiger partial charge in [-0.1, -0.05) is 17.7 Å². The fourth-order valence-corrected chi connectivity index (χ4v) is 7.34. The molecule has 2 bridgehead atoms. The molecule has 43 heavy (non-hydrogen) atoms. The van der Waals surface area contributed by atoms with Crippen LogP contribution in [0, 0.1) is 17.5 Å². The van der Waals surface area contributed by atoms with Crippen molar-refractivity contribution >= 4 is 55.3 Å².